The molecule has 3 heteroatoms. The molecule has 3 nitrogen and oxygen atoms in total. The fraction of sp³-hybridized carbons (Fsp3) is 0.111. The molecule has 0 saturated carbocycles. The van der Waals surface area contributed by atoms with E-state index in [1.807, 2.05) is 18.2 Å². The molecule has 1 heterocycles. The number of hydrogen-bond acceptors (Lipinski definition) is 3. The first kappa shape index (κ1) is 7.03. The van der Waals surface area contributed by atoms with Crippen LogP contribution in [0.1, 0.15) is 12.1 Å². The average Bonchev–Trinajstić information content (AvgIpc) is 2.53. The highest BCUT2D eigenvalue weighted by molar-refractivity contribution is 5.75. The summed E-state index contributed by atoms with van der Waals surface area (Å²) in [5, 5.41) is 17.0. The van der Waals surface area contributed by atoms with E-state index in [1.165, 1.54) is 0 Å². The molecule has 0 spiro atoms. The molecule has 1 aromatic heterocycles. The fourth-order valence-electron chi connectivity index (χ4n) is 1.17. The Bertz CT molecular complexity index is 341. The zero-order valence-corrected chi connectivity index (χ0v) is 6.44. The predicted molar refractivity (Wildman–Crippen MR) is 45.3 cm³/mol. The molecule has 12 heavy (non-hydrogen) atoms. The van der Waals surface area contributed by atoms with Gasteiger partial charge in [0.05, 0.1) is 5.69 Å². The molecule has 0 aromatic carbocycles. The molecule has 0 radical (unpaired) electrons. The first-order valence-electron chi connectivity index (χ1n) is 3.74. The fourth-order valence-corrected chi connectivity index (χ4v) is 1.17. The summed E-state index contributed by atoms with van der Waals surface area (Å²) in [6.45, 7) is 0. The van der Waals surface area contributed by atoms with Crippen LogP contribution in [0.15, 0.2) is 36.2 Å². The summed E-state index contributed by atoms with van der Waals surface area (Å²) < 4.78 is 0. The molecule has 2 rings (SSSR count). The SMILES string of the molecule is OC1=C(c2cccnn2)C=CC1. The van der Waals surface area contributed by atoms with Crippen LogP contribution in [-0.4, -0.2) is 15.3 Å². The zero-order chi connectivity index (χ0) is 8.39. The largest absolute Gasteiger partial charge is 0.511 e. The van der Waals surface area contributed by atoms with Crippen LogP contribution < -0.4 is 0 Å². The maximum Gasteiger partial charge on any atom is 0.105 e. The van der Waals surface area contributed by atoms with Crippen molar-refractivity contribution in [2.24, 2.45) is 0 Å². The number of allylic oxidation sites excluding steroid dienone is 3. The number of nitrogens with zero attached hydrogens (tertiary/aromatic N) is 2. The standard InChI is InChI=1S/C9H8N2O/c12-9-5-1-3-7(9)8-4-2-6-10-11-8/h1-4,6,12H,5H2. The topological polar surface area (TPSA) is 46.0 Å². The van der Waals surface area contributed by atoms with Crippen molar-refractivity contribution in [2.45, 2.75) is 6.42 Å². The minimum atomic E-state index is 0.371. The van der Waals surface area contributed by atoms with E-state index in [2.05, 4.69) is 10.2 Å². The number of rotatable bonds is 1. The predicted octanol–water partition coefficient (Wildman–Crippen LogP) is 1.71. The molecule has 0 unspecified atom stereocenters. The van der Waals surface area contributed by atoms with E-state index in [1.54, 1.807) is 12.3 Å². The highest BCUT2D eigenvalue weighted by Gasteiger charge is 2.10. The van der Waals surface area contributed by atoms with Gasteiger partial charge < -0.3 is 5.11 Å². The lowest BCUT2D eigenvalue weighted by Crippen LogP contribution is -1.90. The number of aliphatic hydroxyl groups is 1. The van der Waals surface area contributed by atoms with E-state index in [4.69, 9.17) is 0 Å². The van der Waals surface area contributed by atoms with Gasteiger partial charge in [-0.2, -0.15) is 10.2 Å². The van der Waals surface area contributed by atoms with Gasteiger partial charge in [-0.3, -0.25) is 0 Å². The lowest BCUT2D eigenvalue weighted by Gasteiger charge is -1.97. The normalized spacial score (nSPS) is 15.7. The molecule has 0 atom stereocenters. The highest BCUT2D eigenvalue weighted by Crippen LogP contribution is 2.23. The molecule has 0 amide bonds. The van der Waals surface area contributed by atoms with Crippen molar-refractivity contribution in [3.8, 4) is 0 Å². The van der Waals surface area contributed by atoms with Crippen LogP contribution in [0.3, 0.4) is 0 Å². The van der Waals surface area contributed by atoms with Crippen LogP contribution in [0.4, 0.5) is 0 Å². The molecule has 0 bridgehead atoms. The van der Waals surface area contributed by atoms with Crippen LogP contribution in [0, 0.1) is 0 Å². The van der Waals surface area contributed by atoms with Gasteiger partial charge in [0.1, 0.15) is 5.76 Å². The summed E-state index contributed by atoms with van der Waals surface area (Å²) in [7, 11) is 0. The van der Waals surface area contributed by atoms with Gasteiger partial charge in [-0.25, -0.2) is 0 Å². The molecule has 1 N–H and O–H groups in total. The Morgan fingerprint density at radius 2 is 2.33 bits per heavy atom. The Morgan fingerprint density at radius 3 is 2.92 bits per heavy atom. The summed E-state index contributed by atoms with van der Waals surface area (Å²) in [5.41, 5.74) is 1.51. The first-order valence-corrected chi connectivity index (χ1v) is 3.74. The van der Waals surface area contributed by atoms with Gasteiger partial charge in [-0.05, 0) is 12.1 Å². The van der Waals surface area contributed by atoms with Crippen LogP contribution in [0.2, 0.25) is 0 Å². The molecule has 60 valence electrons. The second-order valence-electron chi connectivity index (χ2n) is 2.58. The average molecular weight is 160 g/mol. The third kappa shape index (κ3) is 1.09. The minimum absolute atomic E-state index is 0.371. The second-order valence-corrected chi connectivity index (χ2v) is 2.58. The molecular weight excluding hydrogens is 152 g/mol. The Morgan fingerprint density at radius 1 is 1.42 bits per heavy atom. The number of aliphatic hydroxyl groups excluding tert-OH is 1. The number of hydrogen-bond donors (Lipinski definition) is 1. The third-order valence-corrected chi connectivity index (χ3v) is 1.75. The Balaban J connectivity index is 2.44. The molecule has 0 saturated heterocycles. The molecule has 1 aliphatic rings. The van der Waals surface area contributed by atoms with Gasteiger partial charge in [-0.15, -0.1) is 0 Å². The molecular formula is C9H8N2O. The summed E-state index contributed by atoms with van der Waals surface area (Å²) in [6.07, 6.45) is 5.98. The van der Waals surface area contributed by atoms with Crippen molar-refractivity contribution in [1.82, 2.24) is 10.2 Å². The van der Waals surface area contributed by atoms with Crippen molar-refractivity contribution >= 4 is 5.57 Å². The summed E-state index contributed by atoms with van der Waals surface area (Å²) in [5.74, 6) is 0.371. The van der Waals surface area contributed by atoms with Crippen molar-refractivity contribution in [3.05, 3.63) is 41.9 Å². The van der Waals surface area contributed by atoms with Gasteiger partial charge in [-0.1, -0.05) is 12.2 Å². The lowest BCUT2D eigenvalue weighted by molar-refractivity contribution is 0.407. The quantitative estimate of drug-likeness (QED) is 0.680. The van der Waals surface area contributed by atoms with Gasteiger partial charge in [0.15, 0.2) is 0 Å². The highest BCUT2D eigenvalue weighted by atomic mass is 16.3. The van der Waals surface area contributed by atoms with E-state index >= 15 is 0 Å². The van der Waals surface area contributed by atoms with Crippen molar-refractivity contribution in [2.75, 3.05) is 0 Å². The van der Waals surface area contributed by atoms with E-state index in [0.29, 0.717) is 12.2 Å². The van der Waals surface area contributed by atoms with Gasteiger partial charge >= 0.3 is 0 Å². The summed E-state index contributed by atoms with van der Waals surface area (Å²) in [4.78, 5) is 0. The third-order valence-electron chi connectivity index (χ3n) is 1.75. The minimum Gasteiger partial charge on any atom is -0.511 e. The van der Waals surface area contributed by atoms with Crippen LogP contribution in [0.5, 0.6) is 0 Å². The molecule has 0 aliphatic heterocycles. The lowest BCUT2D eigenvalue weighted by atomic mass is 10.2. The molecule has 0 fully saturated rings. The molecule has 1 aromatic rings. The monoisotopic (exact) mass is 160 g/mol. The van der Waals surface area contributed by atoms with Crippen molar-refractivity contribution in [3.63, 3.8) is 0 Å². The summed E-state index contributed by atoms with van der Waals surface area (Å²) in [6, 6.07) is 3.63. The molecule has 1 aliphatic carbocycles. The Kier molecular flexibility index (Phi) is 1.63. The van der Waals surface area contributed by atoms with Crippen molar-refractivity contribution in [1.29, 1.82) is 0 Å². The Hall–Kier alpha value is -1.64. The van der Waals surface area contributed by atoms with Gasteiger partial charge in [0, 0.05) is 18.2 Å². The van der Waals surface area contributed by atoms with Gasteiger partial charge in [0.25, 0.3) is 0 Å². The van der Waals surface area contributed by atoms with E-state index < -0.39 is 0 Å². The number of aromatic nitrogens is 2. The maximum absolute atomic E-state index is 9.39. The van der Waals surface area contributed by atoms with Gasteiger partial charge in [0.2, 0.25) is 0 Å². The van der Waals surface area contributed by atoms with E-state index in [-0.39, 0.29) is 0 Å². The smallest absolute Gasteiger partial charge is 0.105 e. The second kappa shape index (κ2) is 2.77. The van der Waals surface area contributed by atoms with Crippen LogP contribution in [0.25, 0.3) is 5.57 Å². The van der Waals surface area contributed by atoms with Crippen LogP contribution >= 0.6 is 0 Å². The van der Waals surface area contributed by atoms with E-state index in [9.17, 15) is 5.11 Å². The maximum atomic E-state index is 9.39. The summed E-state index contributed by atoms with van der Waals surface area (Å²) >= 11 is 0. The Labute approximate surface area is 70.1 Å². The van der Waals surface area contributed by atoms with Crippen molar-refractivity contribution < 1.29 is 5.11 Å². The first-order chi connectivity index (χ1) is 5.88. The van der Waals surface area contributed by atoms with Crippen LogP contribution in [-0.2, 0) is 0 Å². The van der Waals surface area contributed by atoms with E-state index in [0.717, 1.165) is 11.3 Å². The zero-order valence-electron chi connectivity index (χ0n) is 6.44.